The molecule has 2 rings (SSSR count). The zero-order valence-electron chi connectivity index (χ0n) is 11.5. The highest BCUT2D eigenvalue weighted by atomic mass is 28.2. The Bertz CT molecular complexity index is 500. The second-order valence-corrected chi connectivity index (χ2v) is 6.37. The van der Waals surface area contributed by atoms with E-state index >= 15 is 0 Å². The summed E-state index contributed by atoms with van der Waals surface area (Å²) in [4.78, 5) is 0. The topological polar surface area (TPSA) is 0 Å². The van der Waals surface area contributed by atoms with Crippen molar-refractivity contribution in [3.63, 3.8) is 0 Å². The molecule has 19 heavy (non-hydrogen) atoms. The van der Waals surface area contributed by atoms with Gasteiger partial charge in [-0.2, -0.15) is 0 Å². The Balaban J connectivity index is 1.73. The van der Waals surface area contributed by atoms with Crippen LogP contribution < -0.4 is 5.19 Å². The van der Waals surface area contributed by atoms with E-state index in [-0.39, 0.29) is 0 Å². The molecule has 0 aliphatic carbocycles. The van der Waals surface area contributed by atoms with Crippen molar-refractivity contribution in [2.24, 2.45) is 0 Å². The van der Waals surface area contributed by atoms with Crippen molar-refractivity contribution in [1.29, 1.82) is 0 Å². The minimum absolute atomic E-state index is 0.817. The van der Waals surface area contributed by atoms with E-state index in [0.29, 0.717) is 0 Å². The number of unbranched alkanes of at least 4 members (excludes halogenated alkanes) is 1. The summed E-state index contributed by atoms with van der Waals surface area (Å²) in [6.45, 7) is 2.24. The van der Waals surface area contributed by atoms with Crippen LogP contribution in [0, 0.1) is 0 Å². The van der Waals surface area contributed by atoms with Gasteiger partial charge in [0.25, 0.3) is 0 Å². The maximum atomic E-state index is 2.40. The average molecular weight is 264 g/mol. The van der Waals surface area contributed by atoms with Crippen molar-refractivity contribution in [2.45, 2.75) is 26.2 Å². The normalized spacial score (nSPS) is 11.5. The van der Waals surface area contributed by atoms with Gasteiger partial charge in [0, 0.05) is 0 Å². The van der Waals surface area contributed by atoms with E-state index in [2.05, 4.69) is 73.7 Å². The highest BCUT2D eigenvalue weighted by Crippen LogP contribution is 2.06. The summed E-state index contributed by atoms with van der Waals surface area (Å²) < 4.78 is 0. The van der Waals surface area contributed by atoms with Gasteiger partial charge in [-0.3, -0.25) is 0 Å². The van der Waals surface area contributed by atoms with Gasteiger partial charge in [-0.15, -0.1) is 0 Å². The Morgan fingerprint density at radius 1 is 0.947 bits per heavy atom. The fraction of sp³-hybridized carbons (Fsp3) is 0.222. The molecule has 0 saturated heterocycles. The number of benzene rings is 2. The maximum Gasteiger partial charge on any atom is 0.115 e. The third kappa shape index (κ3) is 5.27. The molecule has 96 valence electrons. The minimum Gasteiger partial charge on any atom is -0.0895 e. The zero-order chi connectivity index (χ0) is 13.3. The van der Waals surface area contributed by atoms with Crippen LogP contribution in [0.4, 0.5) is 0 Å². The van der Waals surface area contributed by atoms with E-state index in [0.717, 1.165) is 9.52 Å². The van der Waals surface area contributed by atoms with Crippen molar-refractivity contribution in [3.8, 4) is 0 Å². The zero-order valence-corrected chi connectivity index (χ0v) is 12.5. The first-order valence-corrected chi connectivity index (χ1v) is 7.87. The molecule has 0 fully saturated rings. The van der Waals surface area contributed by atoms with Crippen molar-refractivity contribution in [3.05, 3.63) is 77.5 Å². The quantitative estimate of drug-likeness (QED) is 0.547. The molecule has 0 saturated carbocycles. The average Bonchev–Trinajstić information content (AvgIpc) is 2.46. The number of allylic oxidation sites excluding steroid dienone is 2. The van der Waals surface area contributed by atoms with Gasteiger partial charge in [0.2, 0.25) is 0 Å². The van der Waals surface area contributed by atoms with Gasteiger partial charge in [-0.05, 0) is 31.7 Å². The summed E-state index contributed by atoms with van der Waals surface area (Å²) >= 11 is 0. The fourth-order valence-electron chi connectivity index (χ4n) is 2.07. The first-order chi connectivity index (χ1) is 9.34. The fourth-order valence-corrected chi connectivity index (χ4v) is 3.13. The highest BCUT2D eigenvalue weighted by Gasteiger charge is 1.96. The van der Waals surface area contributed by atoms with Crippen LogP contribution in [0.2, 0.25) is 0 Å². The summed E-state index contributed by atoms with van der Waals surface area (Å²) in [6, 6.07) is 21.5. The molecular weight excluding hydrogens is 244 g/mol. The molecule has 0 N–H and O–H groups in total. The Morgan fingerprint density at radius 2 is 1.58 bits per heavy atom. The van der Waals surface area contributed by atoms with Gasteiger partial charge in [0.15, 0.2) is 0 Å². The summed E-state index contributed by atoms with van der Waals surface area (Å²) in [5, 5.41) is 2.93. The highest BCUT2D eigenvalue weighted by molar-refractivity contribution is 6.60. The Hall–Kier alpha value is -1.60. The molecule has 2 aromatic rings. The largest absolute Gasteiger partial charge is 0.115 e. The van der Waals surface area contributed by atoms with Gasteiger partial charge in [-0.25, -0.2) is 0 Å². The molecule has 0 spiro atoms. The van der Waals surface area contributed by atoms with Gasteiger partial charge in [-0.1, -0.05) is 77.1 Å². The third-order valence-electron chi connectivity index (χ3n) is 3.08. The maximum absolute atomic E-state index is 2.40. The predicted molar refractivity (Wildman–Crippen MR) is 85.0 cm³/mol. The van der Waals surface area contributed by atoms with E-state index in [1.165, 1.54) is 35.2 Å². The second kappa shape index (κ2) is 7.75. The predicted octanol–water partition coefficient (Wildman–Crippen LogP) is 3.94. The molecule has 0 atom stereocenters. The number of hydrogen-bond acceptors (Lipinski definition) is 0. The van der Waals surface area contributed by atoms with E-state index < -0.39 is 0 Å². The van der Waals surface area contributed by atoms with Crippen LogP contribution in [-0.2, 0) is 6.42 Å². The van der Waals surface area contributed by atoms with Crippen molar-refractivity contribution >= 4 is 14.7 Å². The molecule has 0 aromatic heterocycles. The number of rotatable bonds is 6. The summed E-state index contributed by atoms with van der Waals surface area (Å²) in [7, 11) is 0.817. The van der Waals surface area contributed by atoms with Crippen molar-refractivity contribution < 1.29 is 0 Å². The van der Waals surface area contributed by atoms with Crippen molar-refractivity contribution in [2.75, 3.05) is 0 Å². The van der Waals surface area contributed by atoms with Crippen LogP contribution in [0.15, 0.2) is 71.9 Å². The van der Waals surface area contributed by atoms with E-state index in [1.807, 2.05) is 0 Å². The Morgan fingerprint density at radius 3 is 2.26 bits per heavy atom. The second-order valence-electron chi connectivity index (χ2n) is 4.76. The molecular formula is C18H20Si. The molecule has 0 aliphatic rings. The van der Waals surface area contributed by atoms with E-state index in [9.17, 15) is 0 Å². The molecule has 2 radical (unpaired) electrons. The first-order valence-electron chi connectivity index (χ1n) is 6.87. The lowest BCUT2D eigenvalue weighted by Gasteiger charge is -2.01. The summed E-state index contributed by atoms with van der Waals surface area (Å²) in [6.07, 6.45) is 5.99. The number of aryl methyl sites for hydroxylation is 1. The Kier molecular flexibility index (Phi) is 5.64. The van der Waals surface area contributed by atoms with Crippen LogP contribution in [0.25, 0.3) is 0 Å². The molecule has 0 unspecified atom stereocenters. The monoisotopic (exact) mass is 264 g/mol. The standard InChI is InChI=1S/C18H20Si/c1-16(19-18-14-6-3-7-15-18)10-8-9-13-17-11-4-2-5-12-17/h2-7,10-12,14-15H,8-9,13H2,1H3/b16-10+. The third-order valence-corrected chi connectivity index (χ3v) is 4.30. The van der Waals surface area contributed by atoms with Gasteiger partial charge >= 0.3 is 0 Å². The molecule has 2 aromatic carbocycles. The molecule has 0 amide bonds. The molecule has 1 heteroatoms. The SMILES string of the molecule is C/C(=C\CCCc1ccccc1)[Si]c1ccccc1. The lowest BCUT2D eigenvalue weighted by atomic mass is 10.1. The van der Waals surface area contributed by atoms with Crippen LogP contribution in [-0.4, -0.2) is 9.52 Å². The van der Waals surface area contributed by atoms with Crippen LogP contribution in [0.1, 0.15) is 25.3 Å². The molecule has 0 aliphatic heterocycles. The van der Waals surface area contributed by atoms with Gasteiger partial charge in [0.05, 0.1) is 0 Å². The van der Waals surface area contributed by atoms with E-state index in [4.69, 9.17) is 0 Å². The summed E-state index contributed by atoms with van der Waals surface area (Å²) in [5.41, 5.74) is 1.44. The number of hydrogen-bond donors (Lipinski definition) is 0. The first kappa shape index (κ1) is 13.8. The molecule has 0 bridgehead atoms. The van der Waals surface area contributed by atoms with Crippen LogP contribution in [0.3, 0.4) is 0 Å². The molecule has 0 heterocycles. The van der Waals surface area contributed by atoms with Crippen LogP contribution in [0.5, 0.6) is 0 Å². The molecule has 0 nitrogen and oxygen atoms in total. The lowest BCUT2D eigenvalue weighted by molar-refractivity contribution is 0.841. The van der Waals surface area contributed by atoms with Crippen molar-refractivity contribution in [1.82, 2.24) is 0 Å². The smallest absolute Gasteiger partial charge is 0.0895 e. The van der Waals surface area contributed by atoms with E-state index in [1.54, 1.807) is 0 Å². The van der Waals surface area contributed by atoms with Gasteiger partial charge < -0.3 is 0 Å². The lowest BCUT2D eigenvalue weighted by Crippen LogP contribution is -2.14. The van der Waals surface area contributed by atoms with Crippen LogP contribution >= 0.6 is 0 Å². The van der Waals surface area contributed by atoms with Gasteiger partial charge in [0.1, 0.15) is 9.52 Å². The Labute approximate surface area is 119 Å². The minimum atomic E-state index is 0.817. The summed E-state index contributed by atoms with van der Waals surface area (Å²) in [5.74, 6) is 0.